The smallest absolute Gasteiger partial charge is 0.418 e. The van der Waals surface area contributed by atoms with Crippen LogP contribution in [0, 0.1) is 0 Å². The fraction of sp³-hybridized carbons (Fsp3) is 0.421. The topological polar surface area (TPSA) is 48.7 Å². The van der Waals surface area contributed by atoms with E-state index in [-0.39, 0.29) is 10.7 Å². The fourth-order valence-corrected chi connectivity index (χ4v) is 3.37. The zero-order valence-electron chi connectivity index (χ0n) is 15.3. The van der Waals surface area contributed by atoms with Gasteiger partial charge < -0.3 is 9.73 Å². The van der Waals surface area contributed by atoms with Crippen LogP contribution in [0.1, 0.15) is 18.2 Å². The first kappa shape index (κ1) is 20.7. The van der Waals surface area contributed by atoms with Crippen LogP contribution in [-0.4, -0.2) is 47.9 Å². The summed E-state index contributed by atoms with van der Waals surface area (Å²) >= 11 is 5.68. The van der Waals surface area contributed by atoms with Crippen LogP contribution < -0.4 is 5.32 Å². The summed E-state index contributed by atoms with van der Waals surface area (Å²) < 4.78 is 44.9. The normalized spacial score (nSPS) is 17.5. The Hall–Kier alpha value is -2.03. The van der Waals surface area contributed by atoms with Crippen LogP contribution in [0.5, 0.6) is 0 Å². The van der Waals surface area contributed by atoms with Gasteiger partial charge in [0.1, 0.15) is 5.76 Å². The third-order valence-corrected chi connectivity index (χ3v) is 5.07. The molecule has 0 spiro atoms. The molecule has 0 aliphatic carbocycles. The Labute approximate surface area is 166 Å². The second kappa shape index (κ2) is 8.55. The maximum Gasteiger partial charge on any atom is 0.418 e. The first-order chi connectivity index (χ1) is 13.2. The van der Waals surface area contributed by atoms with Crippen molar-refractivity contribution in [3.63, 3.8) is 0 Å². The SMILES string of the molecule is CC(C(=O)Nc1ccc(Cl)cc1C(F)(F)F)N1CCN(Cc2ccco2)CC1. The molecule has 1 atom stereocenters. The summed E-state index contributed by atoms with van der Waals surface area (Å²) in [5.74, 6) is 0.397. The number of carbonyl (C=O) groups excluding carboxylic acids is 1. The lowest BCUT2D eigenvalue weighted by Gasteiger charge is -2.37. The predicted octanol–water partition coefficient (Wildman–Crippen LogP) is 4.10. The summed E-state index contributed by atoms with van der Waals surface area (Å²) in [5, 5.41) is 2.37. The molecular formula is C19H21ClF3N3O2. The Kier molecular flexibility index (Phi) is 6.32. The molecular weight excluding hydrogens is 395 g/mol. The Morgan fingerprint density at radius 1 is 1.25 bits per heavy atom. The second-order valence-electron chi connectivity index (χ2n) is 6.74. The van der Waals surface area contributed by atoms with E-state index in [1.165, 1.54) is 12.1 Å². The molecule has 1 fully saturated rings. The molecule has 9 heteroatoms. The van der Waals surface area contributed by atoms with E-state index in [4.69, 9.17) is 16.0 Å². The van der Waals surface area contributed by atoms with Gasteiger partial charge in [0.05, 0.1) is 30.1 Å². The molecule has 1 N–H and O–H groups in total. The van der Waals surface area contributed by atoms with Crippen molar-refractivity contribution < 1.29 is 22.4 Å². The van der Waals surface area contributed by atoms with Crippen LogP contribution in [0.4, 0.5) is 18.9 Å². The van der Waals surface area contributed by atoms with E-state index in [1.807, 2.05) is 17.0 Å². The van der Waals surface area contributed by atoms with E-state index in [9.17, 15) is 18.0 Å². The van der Waals surface area contributed by atoms with Crippen molar-refractivity contribution in [2.24, 2.45) is 0 Å². The Balaban J connectivity index is 1.58. The third-order valence-electron chi connectivity index (χ3n) is 4.84. The van der Waals surface area contributed by atoms with Crippen LogP contribution in [0.15, 0.2) is 41.0 Å². The highest BCUT2D eigenvalue weighted by Gasteiger charge is 2.35. The van der Waals surface area contributed by atoms with Crippen molar-refractivity contribution in [1.82, 2.24) is 9.80 Å². The molecule has 3 rings (SSSR count). The first-order valence-electron chi connectivity index (χ1n) is 8.90. The van der Waals surface area contributed by atoms with E-state index < -0.39 is 23.7 Å². The molecule has 1 unspecified atom stereocenters. The van der Waals surface area contributed by atoms with Crippen LogP contribution in [0.25, 0.3) is 0 Å². The molecule has 28 heavy (non-hydrogen) atoms. The molecule has 1 amide bonds. The number of piperazine rings is 1. The van der Waals surface area contributed by atoms with Crippen molar-refractivity contribution >= 4 is 23.2 Å². The largest absolute Gasteiger partial charge is 0.468 e. The van der Waals surface area contributed by atoms with E-state index >= 15 is 0 Å². The number of nitrogens with one attached hydrogen (secondary N) is 1. The van der Waals surface area contributed by atoms with Crippen LogP contribution >= 0.6 is 11.6 Å². The van der Waals surface area contributed by atoms with Crippen LogP contribution in [-0.2, 0) is 17.5 Å². The van der Waals surface area contributed by atoms with E-state index in [0.29, 0.717) is 19.6 Å². The Bertz CT molecular complexity index is 803. The highest BCUT2D eigenvalue weighted by atomic mass is 35.5. The lowest BCUT2D eigenvalue weighted by molar-refractivity contribution is -0.137. The number of furan rings is 1. The average Bonchev–Trinajstić information content (AvgIpc) is 3.15. The number of amides is 1. The van der Waals surface area contributed by atoms with Gasteiger partial charge in [-0.25, -0.2) is 0 Å². The molecule has 2 aromatic rings. The van der Waals surface area contributed by atoms with Crippen LogP contribution in [0.3, 0.4) is 0 Å². The van der Waals surface area contributed by atoms with Crippen molar-refractivity contribution in [2.75, 3.05) is 31.5 Å². The molecule has 5 nitrogen and oxygen atoms in total. The second-order valence-corrected chi connectivity index (χ2v) is 7.18. The van der Waals surface area contributed by atoms with E-state index in [0.717, 1.165) is 24.9 Å². The molecule has 0 bridgehead atoms. The molecule has 1 aromatic carbocycles. The van der Waals surface area contributed by atoms with E-state index in [1.54, 1.807) is 13.2 Å². The maximum absolute atomic E-state index is 13.2. The zero-order chi connectivity index (χ0) is 20.3. The average molecular weight is 416 g/mol. The Morgan fingerprint density at radius 3 is 2.57 bits per heavy atom. The minimum atomic E-state index is -4.60. The zero-order valence-corrected chi connectivity index (χ0v) is 16.1. The molecule has 2 heterocycles. The lowest BCUT2D eigenvalue weighted by Crippen LogP contribution is -2.52. The van der Waals surface area contributed by atoms with Crippen molar-refractivity contribution in [3.8, 4) is 0 Å². The number of benzene rings is 1. The highest BCUT2D eigenvalue weighted by molar-refractivity contribution is 6.30. The summed E-state index contributed by atoms with van der Waals surface area (Å²) in [4.78, 5) is 16.7. The number of nitrogens with zero attached hydrogens (tertiary/aromatic N) is 2. The number of rotatable bonds is 5. The van der Waals surface area contributed by atoms with Crippen molar-refractivity contribution in [1.29, 1.82) is 0 Å². The minimum Gasteiger partial charge on any atom is -0.468 e. The van der Waals surface area contributed by atoms with Gasteiger partial charge in [0.2, 0.25) is 5.91 Å². The predicted molar refractivity (Wildman–Crippen MR) is 100 cm³/mol. The number of hydrogen-bond donors (Lipinski definition) is 1. The minimum absolute atomic E-state index is 0.0361. The standard InChI is InChI=1S/C19H21ClF3N3O2/c1-13(26-8-6-25(7-9-26)12-15-3-2-10-28-15)18(27)24-17-5-4-14(20)11-16(17)19(21,22)23/h2-5,10-11,13H,6-9,12H2,1H3,(H,24,27). The van der Waals surface area contributed by atoms with Gasteiger partial charge in [-0.2, -0.15) is 13.2 Å². The number of halogens is 4. The molecule has 1 aliphatic heterocycles. The maximum atomic E-state index is 13.2. The van der Waals surface area contributed by atoms with E-state index in [2.05, 4.69) is 10.2 Å². The molecule has 152 valence electrons. The summed E-state index contributed by atoms with van der Waals surface area (Å²) in [7, 11) is 0. The molecule has 1 saturated heterocycles. The van der Waals surface area contributed by atoms with Crippen LogP contribution in [0.2, 0.25) is 5.02 Å². The molecule has 1 aliphatic rings. The number of anilines is 1. The van der Waals surface area contributed by atoms with Gasteiger partial charge in [-0.05, 0) is 37.3 Å². The van der Waals surface area contributed by atoms with Gasteiger partial charge in [-0.15, -0.1) is 0 Å². The summed E-state index contributed by atoms with van der Waals surface area (Å²) in [6, 6.07) is 6.51. The molecule has 1 aromatic heterocycles. The number of hydrogen-bond acceptors (Lipinski definition) is 4. The summed E-state index contributed by atoms with van der Waals surface area (Å²) in [6.07, 6.45) is -2.97. The molecule has 0 saturated carbocycles. The number of alkyl halides is 3. The summed E-state index contributed by atoms with van der Waals surface area (Å²) in [5.41, 5.74) is -1.24. The van der Waals surface area contributed by atoms with Gasteiger partial charge in [-0.1, -0.05) is 11.6 Å². The first-order valence-corrected chi connectivity index (χ1v) is 9.28. The summed E-state index contributed by atoms with van der Waals surface area (Å²) in [6.45, 7) is 5.16. The van der Waals surface area contributed by atoms with Gasteiger partial charge in [-0.3, -0.25) is 14.6 Å². The number of carbonyl (C=O) groups is 1. The quantitative estimate of drug-likeness (QED) is 0.798. The van der Waals surface area contributed by atoms with Gasteiger partial charge in [0, 0.05) is 31.2 Å². The van der Waals surface area contributed by atoms with Gasteiger partial charge in [0.15, 0.2) is 0 Å². The van der Waals surface area contributed by atoms with Gasteiger partial charge in [0.25, 0.3) is 0 Å². The fourth-order valence-electron chi connectivity index (χ4n) is 3.19. The monoisotopic (exact) mass is 415 g/mol. The van der Waals surface area contributed by atoms with Crippen molar-refractivity contribution in [3.05, 3.63) is 52.9 Å². The molecule has 0 radical (unpaired) electrons. The Morgan fingerprint density at radius 2 is 1.96 bits per heavy atom. The van der Waals surface area contributed by atoms with Gasteiger partial charge >= 0.3 is 6.18 Å². The lowest BCUT2D eigenvalue weighted by atomic mass is 10.1. The highest BCUT2D eigenvalue weighted by Crippen LogP contribution is 2.36. The van der Waals surface area contributed by atoms with Crippen molar-refractivity contribution in [2.45, 2.75) is 25.7 Å². The third kappa shape index (κ3) is 5.06.